The van der Waals surface area contributed by atoms with Gasteiger partial charge >= 0.3 is 0 Å². The van der Waals surface area contributed by atoms with Crippen LogP contribution >= 0.6 is 11.6 Å². The number of amides is 1. The second-order valence-electron chi connectivity index (χ2n) is 6.35. The molecule has 1 aromatic heterocycles. The second kappa shape index (κ2) is 8.35. The zero-order valence-electron chi connectivity index (χ0n) is 15.1. The topological polar surface area (TPSA) is 73.6 Å². The maximum Gasteiger partial charge on any atom is 0.220 e. The van der Waals surface area contributed by atoms with Gasteiger partial charge in [-0.1, -0.05) is 29.8 Å². The molecule has 0 radical (unpaired) electrons. The lowest BCUT2D eigenvalue weighted by atomic mass is 10.2. The molecule has 1 aliphatic rings. The number of oxazole rings is 1. The van der Waals surface area contributed by atoms with Crippen LogP contribution in [-0.4, -0.2) is 24.1 Å². The Labute approximate surface area is 167 Å². The molecule has 0 unspecified atom stereocenters. The van der Waals surface area contributed by atoms with Crippen LogP contribution in [0.1, 0.15) is 17.9 Å². The fraction of sp³-hybridized carbons (Fsp3) is 0.238. The third-order valence-electron chi connectivity index (χ3n) is 4.36. The quantitative estimate of drug-likeness (QED) is 0.679. The third kappa shape index (κ3) is 4.28. The molecule has 0 bridgehead atoms. The Balaban J connectivity index is 1.29. The van der Waals surface area contributed by atoms with E-state index in [9.17, 15) is 4.79 Å². The minimum absolute atomic E-state index is 0.0765. The lowest BCUT2D eigenvalue weighted by Crippen LogP contribution is -2.23. The highest BCUT2D eigenvalue weighted by Gasteiger charge is 2.13. The van der Waals surface area contributed by atoms with Gasteiger partial charge in [-0.2, -0.15) is 0 Å². The number of fused-ring (bicyclic) bond motifs is 1. The van der Waals surface area contributed by atoms with Crippen molar-refractivity contribution >= 4 is 17.5 Å². The Bertz CT molecular complexity index is 986. The van der Waals surface area contributed by atoms with E-state index in [1.807, 2.05) is 36.4 Å². The molecule has 0 atom stereocenters. The molecule has 4 rings (SSSR count). The van der Waals surface area contributed by atoms with Crippen LogP contribution in [0.3, 0.4) is 0 Å². The standard InChI is InChI=1S/C21H19ClN2O4/c22-16-4-2-1-3-15(16)19-13-24-21(28-19)8-7-20(25)23-12-14-5-6-17-18(11-14)27-10-9-26-17/h1-6,11,13H,7-10,12H2,(H,23,25). The molecule has 28 heavy (non-hydrogen) atoms. The number of aromatic nitrogens is 1. The summed E-state index contributed by atoms with van der Waals surface area (Å²) >= 11 is 6.17. The van der Waals surface area contributed by atoms with Crippen molar-refractivity contribution in [2.75, 3.05) is 13.2 Å². The number of hydrogen-bond acceptors (Lipinski definition) is 5. The molecule has 0 saturated carbocycles. The lowest BCUT2D eigenvalue weighted by Gasteiger charge is -2.18. The van der Waals surface area contributed by atoms with Gasteiger partial charge in [0.2, 0.25) is 5.91 Å². The van der Waals surface area contributed by atoms with E-state index < -0.39 is 0 Å². The van der Waals surface area contributed by atoms with Gasteiger partial charge in [-0.15, -0.1) is 0 Å². The zero-order chi connectivity index (χ0) is 19.3. The number of hydrogen-bond donors (Lipinski definition) is 1. The number of aryl methyl sites for hydroxylation is 1. The largest absolute Gasteiger partial charge is 0.486 e. The maximum atomic E-state index is 12.2. The average molecular weight is 399 g/mol. The smallest absolute Gasteiger partial charge is 0.220 e. The number of carbonyl (C=O) groups excluding carboxylic acids is 1. The van der Waals surface area contributed by atoms with E-state index in [0.717, 1.165) is 16.9 Å². The number of carbonyl (C=O) groups is 1. The summed E-state index contributed by atoms with van der Waals surface area (Å²) < 4.78 is 16.8. The van der Waals surface area contributed by atoms with E-state index in [1.165, 1.54) is 0 Å². The highest BCUT2D eigenvalue weighted by Crippen LogP contribution is 2.31. The lowest BCUT2D eigenvalue weighted by molar-refractivity contribution is -0.121. The van der Waals surface area contributed by atoms with Gasteiger partial charge in [0, 0.05) is 24.9 Å². The molecule has 2 heterocycles. The molecule has 0 aliphatic carbocycles. The first-order valence-electron chi connectivity index (χ1n) is 9.04. The molecule has 1 aliphatic heterocycles. The van der Waals surface area contributed by atoms with Gasteiger partial charge in [0.05, 0.1) is 11.2 Å². The van der Waals surface area contributed by atoms with E-state index in [-0.39, 0.29) is 12.3 Å². The summed E-state index contributed by atoms with van der Waals surface area (Å²) in [4.78, 5) is 16.4. The van der Waals surface area contributed by atoms with Crippen molar-refractivity contribution in [2.24, 2.45) is 0 Å². The molecule has 2 aromatic carbocycles. The summed E-state index contributed by atoms with van der Waals surface area (Å²) in [6.45, 7) is 1.52. The molecule has 0 fully saturated rings. The third-order valence-corrected chi connectivity index (χ3v) is 4.68. The van der Waals surface area contributed by atoms with Gasteiger partial charge in [0.15, 0.2) is 23.1 Å². The van der Waals surface area contributed by atoms with Crippen molar-refractivity contribution in [3.8, 4) is 22.8 Å². The highest BCUT2D eigenvalue weighted by molar-refractivity contribution is 6.33. The van der Waals surface area contributed by atoms with Gasteiger partial charge in [0.1, 0.15) is 13.2 Å². The highest BCUT2D eigenvalue weighted by atomic mass is 35.5. The first kappa shape index (κ1) is 18.4. The number of ether oxygens (including phenoxy) is 2. The summed E-state index contributed by atoms with van der Waals surface area (Å²) in [5.74, 6) is 2.47. The summed E-state index contributed by atoms with van der Waals surface area (Å²) in [6, 6.07) is 13.1. The van der Waals surface area contributed by atoms with Crippen LogP contribution < -0.4 is 14.8 Å². The first-order valence-corrected chi connectivity index (χ1v) is 9.41. The zero-order valence-corrected chi connectivity index (χ0v) is 15.9. The Morgan fingerprint density at radius 1 is 1.11 bits per heavy atom. The van der Waals surface area contributed by atoms with Crippen LogP contribution in [0.15, 0.2) is 53.1 Å². The molecule has 1 amide bonds. The average Bonchev–Trinajstić information content (AvgIpc) is 3.19. The summed E-state index contributed by atoms with van der Waals surface area (Å²) in [5, 5.41) is 3.50. The molecular weight excluding hydrogens is 380 g/mol. The first-order chi connectivity index (χ1) is 13.7. The Kier molecular flexibility index (Phi) is 5.48. The summed E-state index contributed by atoms with van der Waals surface area (Å²) in [7, 11) is 0. The number of nitrogens with zero attached hydrogens (tertiary/aromatic N) is 1. The summed E-state index contributed by atoms with van der Waals surface area (Å²) in [5.41, 5.74) is 1.74. The van der Waals surface area contributed by atoms with Gasteiger partial charge < -0.3 is 19.2 Å². The second-order valence-corrected chi connectivity index (χ2v) is 6.76. The fourth-order valence-corrected chi connectivity index (χ4v) is 3.15. The van der Waals surface area contributed by atoms with E-state index in [0.29, 0.717) is 48.6 Å². The van der Waals surface area contributed by atoms with Crippen molar-refractivity contribution < 1.29 is 18.7 Å². The summed E-state index contributed by atoms with van der Waals surface area (Å²) in [6.07, 6.45) is 2.33. The normalized spacial score (nSPS) is 12.6. The Morgan fingerprint density at radius 3 is 2.79 bits per heavy atom. The fourth-order valence-electron chi connectivity index (χ4n) is 2.92. The van der Waals surface area contributed by atoms with Crippen LogP contribution in [0, 0.1) is 0 Å². The minimum atomic E-state index is -0.0765. The van der Waals surface area contributed by atoms with Crippen molar-refractivity contribution in [2.45, 2.75) is 19.4 Å². The van der Waals surface area contributed by atoms with Crippen LogP contribution in [-0.2, 0) is 17.8 Å². The monoisotopic (exact) mass is 398 g/mol. The number of nitrogens with one attached hydrogen (secondary N) is 1. The molecule has 3 aromatic rings. The number of rotatable bonds is 6. The van der Waals surface area contributed by atoms with E-state index in [1.54, 1.807) is 12.3 Å². The predicted molar refractivity (Wildman–Crippen MR) is 105 cm³/mol. The van der Waals surface area contributed by atoms with E-state index in [2.05, 4.69) is 10.3 Å². The number of halogens is 1. The van der Waals surface area contributed by atoms with E-state index >= 15 is 0 Å². The number of benzene rings is 2. The van der Waals surface area contributed by atoms with Gasteiger partial charge in [-0.3, -0.25) is 4.79 Å². The van der Waals surface area contributed by atoms with Gasteiger partial charge in [0.25, 0.3) is 0 Å². The van der Waals surface area contributed by atoms with Crippen molar-refractivity contribution in [1.29, 1.82) is 0 Å². The SMILES string of the molecule is O=C(CCc1ncc(-c2ccccc2Cl)o1)NCc1ccc2c(c1)OCCO2. The Morgan fingerprint density at radius 2 is 1.93 bits per heavy atom. The predicted octanol–water partition coefficient (Wildman–Crippen LogP) is 4.02. The molecule has 7 heteroatoms. The molecule has 144 valence electrons. The van der Waals surface area contributed by atoms with Crippen molar-refractivity contribution in [1.82, 2.24) is 10.3 Å². The van der Waals surface area contributed by atoms with Crippen LogP contribution in [0.25, 0.3) is 11.3 Å². The van der Waals surface area contributed by atoms with Crippen molar-refractivity contribution in [3.05, 3.63) is 65.1 Å². The van der Waals surface area contributed by atoms with Crippen molar-refractivity contribution in [3.63, 3.8) is 0 Å². The Hall–Kier alpha value is -2.99. The van der Waals surface area contributed by atoms with E-state index in [4.69, 9.17) is 25.5 Å². The van der Waals surface area contributed by atoms with Gasteiger partial charge in [-0.25, -0.2) is 4.98 Å². The molecule has 0 spiro atoms. The minimum Gasteiger partial charge on any atom is -0.486 e. The molecular formula is C21H19ClN2O4. The van der Waals surface area contributed by atoms with Crippen LogP contribution in [0.4, 0.5) is 0 Å². The molecule has 1 N–H and O–H groups in total. The molecule has 6 nitrogen and oxygen atoms in total. The maximum absolute atomic E-state index is 12.2. The van der Waals surface area contributed by atoms with Crippen LogP contribution in [0.2, 0.25) is 5.02 Å². The van der Waals surface area contributed by atoms with Crippen LogP contribution in [0.5, 0.6) is 11.5 Å². The van der Waals surface area contributed by atoms with Gasteiger partial charge in [-0.05, 0) is 29.8 Å². The molecule has 0 saturated heterocycles.